The number of hydrogen-bond donors (Lipinski definition) is 1. The van der Waals surface area contributed by atoms with Crippen LogP contribution in [0.4, 0.5) is 4.39 Å². The summed E-state index contributed by atoms with van der Waals surface area (Å²) < 4.78 is 19.6. The van der Waals surface area contributed by atoms with Crippen molar-refractivity contribution in [3.8, 4) is 11.6 Å². The second-order valence-electron chi connectivity index (χ2n) is 4.13. The average Bonchev–Trinajstić information content (AvgIpc) is 2.39. The number of nitrogens with zero attached hydrogens (tertiary/aromatic N) is 1. The molecule has 0 aliphatic heterocycles. The molecule has 0 unspecified atom stereocenters. The molecule has 19 heavy (non-hydrogen) atoms. The van der Waals surface area contributed by atoms with Crippen molar-refractivity contribution in [2.75, 3.05) is 7.05 Å². The normalized spacial score (nSPS) is 10.5. The first-order valence-electron chi connectivity index (χ1n) is 5.84. The Morgan fingerprint density at radius 1 is 1.37 bits per heavy atom. The first kappa shape index (κ1) is 13.8. The Kier molecular flexibility index (Phi) is 4.35. The van der Waals surface area contributed by atoms with Gasteiger partial charge in [0.1, 0.15) is 5.75 Å². The molecule has 0 spiro atoms. The van der Waals surface area contributed by atoms with Crippen molar-refractivity contribution in [3.05, 3.63) is 52.4 Å². The number of rotatable bonds is 4. The maximum atomic E-state index is 14.1. The van der Waals surface area contributed by atoms with E-state index in [0.717, 1.165) is 5.56 Å². The minimum Gasteiger partial charge on any atom is -0.436 e. The summed E-state index contributed by atoms with van der Waals surface area (Å²) in [5, 5.41) is 3.43. The molecule has 5 heteroatoms. The van der Waals surface area contributed by atoms with Gasteiger partial charge in [-0.1, -0.05) is 17.7 Å². The quantitative estimate of drug-likeness (QED) is 0.927. The molecule has 2 aromatic rings. The molecule has 1 N–H and O–H groups in total. The van der Waals surface area contributed by atoms with Gasteiger partial charge in [0, 0.05) is 23.3 Å². The van der Waals surface area contributed by atoms with Crippen LogP contribution in [0.3, 0.4) is 0 Å². The summed E-state index contributed by atoms with van der Waals surface area (Å²) in [7, 11) is 1.75. The molecule has 1 aromatic carbocycles. The van der Waals surface area contributed by atoms with Crippen molar-refractivity contribution in [1.29, 1.82) is 0 Å². The van der Waals surface area contributed by atoms with Crippen LogP contribution in [0.1, 0.15) is 11.1 Å². The lowest BCUT2D eigenvalue weighted by atomic mass is 10.2. The van der Waals surface area contributed by atoms with Crippen molar-refractivity contribution in [2.45, 2.75) is 13.5 Å². The molecule has 2 rings (SSSR count). The van der Waals surface area contributed by atoms with Gasteiger partial charge in [0.25, 0.3) is 5.88 Å². The monoisotopic (exact) mass is 280 g/mol. The number of nitrogens with one attached hydrogen (secondary N) is 1. The van der Waals surface area contributed by atoms with E-state index in [1.165, 1.54) is 6.20 Å². The third-order valence-corrected chi connectivity index (χ3v) is 2.90. The van der Waals surface area contributed by atoms with E-state index < -0.39 is 5.82 Å². The summed E-state index contributed by atoms with van der Waals surface area (Å²) in [6, 6.07) is 6.82. The summed E-state index contributed by atoms with van der Waals surface area (Å²) in [5.74, 6) is -0.00477. The van der Waals surface area contributed by atoms with E-state index in [4.69, 9.17) is 16.3 Å². The minimum atomic E-state index is -0.462. The molecule has 3 nitrogen and oxygen atoms in total. The van der Waals surface area contributed by atoms with Crippen LogP contribution in [0, 0.1) is 12.7 Å². The smallest absolute Gasteiger partial charge is 0.256 e. The second-order valence-corrected chi connectivity index (χ2v) is 4.57. The third-order valence-electron chi connectivity index (χ3n) is 2.66. The van der Waals surface area contributed by atoms with E-state index in [0.29, 0.717) is 22.9 Å². The Morgan fingerprint density at radius 3 is 2.89 bits per heavy atom. The van der Waals surface area contributed by atoms with Gasteiger partial charge in [0.2, 0.25) is 0 Å². The summed E-state index contributed by atoms with van der Waals surface area (Å²) in [5.41, 5.74) is 1.37. The SMILES string of the molecule is CNCc1ccnc(Oc2cc(Cl)ccc2C)c1F. The molecule has 0 fully saturated rings. The fraction of sp³-hybridized carbons (Fsp3) is 0.214. The minimum absolute atomic E-state index is 0.0434. The first-order valence-corrected chi connectivity index (χ1v) is 6.21. The maximum absolute atomic E-state index is 14.1. The van der Waals surface area contributed by atoms with E-state index >= 15 is 0 Å². The Morgan fingerprint density at radius 2 is 2.16 bits per heavy atom. The van der Waals surface area contributed by atoms with Gasteiger partial charge < -0.3 is 10.1 Å². The summed E-state index contributed by atoms with van der Waals surface area (Å²) in [4.78, 5) is 3.92. The molecular formula is C14H14ClFN2O. The van der Waals surface area contributed by atoms with Crippen LogP contribution in [0.25, 0.3) is 0 Å². The number of hydrogen-bond acceptors (Lipinski definition) is 3. The lowest BCUT2D eigenvalue weighted by Gasteiger charge is -2.10. The van der Waals surface area contributed by atoms with Crippen molar-refractivity contribution in [1.82, 2.24) is 10.3 Å². The molecule has 1 aromatic heterocycles. The summed E-state index contributed by atoms with van der Waals surface area (Å²) >= 11 is 5.90. The predicted molar refractivity (Wildman–Crippen MR) is 73.2 cm³/mol. The van der Waals surface area contributed by atoms with Crippen LogP contribution in [0.2, 0.25) is 5.02 Å². The van der Waals surface area contributed by atoms with Crippen LogP contribution in [-0.2, 0) is 6.54 Å². The van der Waals surface area contributed by atoms with Crippen molar-refractivity contribution < 1.29 is 9.13 Å². The summed E-state index contributed by atoms with van der Waals surface area (Å²) in [6.07, 6.45) is 1.52. The highest BCUT2D eigenvalue weighted by Gasteiger charge is 2.12. The van der Waals surface area contributed by atoms with Crippen molar-refractivity contribution in [2.24, 2.45) is 0 Å². The summed E-state index contributed by atoms with van der Waals surface area (Å²) in [6.45, 7) is 2.28. The zero-order chi connectivity index (χ0) is 13.8. The van der Waals surface area contributed by atoms with Gasteiger partial charge in [-0.3, -0.25) is 0 Å². The van der Waals surface area contributed by atoms with E-state index in [-0.39, 0.29) is 5.88 Å². The molecule has 0 radical (unpaired) electrons. The van der Waals surface area contributed by atoms with Gasteiger partial charge in [0.15, 0.2) is 5.82 Å². The largest absolute Gasteiger partial charge is 0.436 e. The number of ether oxygens (including phenoxy) is 1. The van der Waals surface area contributed by atoms with Gasteiger partial charge in [-0.05, 0) is 37.7 Å². The number of aromatic nitrogens is 1. The number of benzene rings is 1. The van der Waals surface area contributed by atoms with Crippen molar-refractivity contribution in [3.63, 3.8) is 0 Å². The molecule has 0 bridgehead atoms. The topological polar surface area (TPSA) is 34.2 Å². The Labute approximate surface area is 116 Å². The lowest BCUT2D eigenvalue weighted by Crippen LogP contribution is -2.08. The van der Waals surface area contributed by atoms with Gasteiger partial charge >= 0.3 is 0 Å². The molecule has 0 atom stereocenters. The Bertz CT molecular complexity index is 590. The molecular weight excluding hydrogens is 267 g/mol. The molecule has 1 heterocycles. The molecule has 100 valence electrons. The molecule has 0 amide bonds. The fourth-order valence-corrected chi connectivity index (χ4v) is 1.81. The number of halogens is 2. The number of pyridine rings is 1. The Balaban J connectivity index is 2.33. The van der Waals surface area contributed by atoms with Gasteiger partial charge in [-0.2, -0.15) is 0 Å². The van der Waals surface area contributed by atoms with Gasteiger partial charge in [-0.25, -0.2) is 9.37 Å². The van der Waals surface area contributed by atoms with Crippen LogP contribution >= 0.6 is 11.6 Å². The van der Waals surface area contributed by atoms with Gasteiger partial charge in [-0.15, -0.1) is 0 Å². The van der Waals surface area contributed by atoms with Crippen molar-refractivity contribution >= 4 is 11.6 Å². The number of aryl methyl sites for hydroxylation is 1. The van der Waals surface area contributed by atoms with Gasteiger partial charge in [0.05, 0.1) is 0 Å². The predicted octanol–water partition coefficient (Wildman–Crippen LogP) is 3.69. The molecule has 0 saturated heterocycles. The van der Waals surface area contributed by atoms with Crippen LogP contribution in [-0.4, -0.2) is 12.0 Å². The van der Waals surface area contributed by atoms with E-state index in [2.05, 4.69) is 10.3 Å². The van der Waals surface area contributed by atoms with Crippen LogP contribution < -0.4 is 10.1 Å². The highest BCUT2D eigenvalue weighted by molar-refractivity contribution is 6.30. The molecule has 0 saturated carbocycles. The standard InChI is InChI=1S/C14H14ClFN2O/c1-9-3-4-11(15)7-12(9)19-14-13(16)10(8-17-2)5-6-18-14/h3-7,17H,8H2,1-2H3. The van der Waals surface area contributed by atoms with E-state index in [1.54, 1.807) is 25.2 Å². The maximum Gasteiger partial charge on any atom is 0.256 e. The van der Waals surface area contributed by atoms with Crippen LogP contribution in [0.5, 0.6) is 11.6 Å². The Hall–Kier alpha value is -1.65. The van der Waals surface area contributed by atoms with E-state index in [1.807, 2.05) is 13.0 Å². The van der Waals surface area contributed by atoms with Crippen LogP contribution in [0.15, 0.2) is 30.5 Å². The second kappa shape index (κ2) is 5.99. The molecule has 0 aliphatic carbocycles. The molecule has 0 aliphatic rings. The fourth-order valence-electron chi connectivity index (χ4n) is 1.65. The zero-order valence-electron chi connectivity index (χ0n) is 10.7. The highest BCUT2D eigenvalue weighted by Crippen LogP contribution is 2.29. The van der Waals surface area contributed by atoms with E-state index in [9.17, 15) is 4.39 Å². The average molecular weight is 281 g/mol. The zero-order valence-corrected chi connectivity index (χ0v) is 11.5. The first-order chi connectivity index (χ1) is 9.11. The third kappa shape index (κ3) is 3.22. The highest BCUT2D eigenvalue weighted by atomic mass is 35.5. The lowest BCUT2D eigenvalue weighted by molar-refractivity contribution is 0.415.